The monoisotopic (exact) mass is 288 g/mol. The first-order valence-electron chi connectivity index (χ1n) is 7.26. The third-order valence-corrected chi connectivity index (χ3v) is 4.13. The minimum atomic E-state index is 0.993. The van der Waals surface area contributed by atoms with E-state index >= 15 is 0 Å². The van der Waals surface area contributed by atoms with E-state index < -0.39 is 0 Å². The van der Waals surface area contributed by atoms with Gasteiger partial charge in [-0.05, 0) is 31.2 Å². The fraction of sp³-hybridized carbons (Fsp3) is 0.111. The Hall–Kier alpha value is -2.88. The SMILES string of the molecule is Cc1cc2cc(-n3nncc3-c3ccccc3)ccc2n1C. The Morgan fingerprint density at radius 2 is 1.77 bits per heavy atom. The molecule has 4 aromatic rings. The Bertz CT molecular complexity index is 948. The van der Waals surface area contributed by atoms with E-state index in [1.54, 1.807) is 6.20 Å². The second kappa shape index (κ2) is 4.84. The summed E-state index contributed by atoms with van der Waals surface area (Å²) in [4.78, 5) is 0. The van der Waals surface area contributed by atoms with E-state index in [-0.39, 0.29) is 0 Å². The molecule has 0 radical (unpaired) electrons. The van der Waals surface area contributed by atoms with Crippen LogP contribution in [0.4, 0.5) is 0 Å². The van der Waals surface area contributed by atoms with Crippen molar-refractivity contribution in [2.24, 2.45) is 7.05 Å². The van der Waals surface area contributed by atoms with Gasteiger partial charge >= 0.3 is 0 Å². The van der Waals surface area contributed by atoms with Crippen molar-refractivity contribution in [3.05, 3.63) is 66.5 Å². The van der Waals surface area contributed by atoms with Crippen LogP contribution in [0.1, 0.15) is 5.69 Å². The molecule has 0 N–H and O–H groups in total. The van der Waals surface area contributed by atoms with Gasteiger partial charge in [-0.25, -0.2) is 4.68 Å². The number of aryl methyl sites for hydroxylation is 2. The lowest BCUT2D eigenvalue weighted by Gasteiger charge is -2.07. The van der Waals surface area contributed by atoms with E-state index in [2.05, 4.69) is 65.2 Å². The van der Waals surface area contributed by atoms with Crippen molar-refractivity contribution in [3.8, 4) is 16.9 Å². The van der Waals surface area contributed by atoms with Crippen LogP contribution in [0.25, 0.3) is 27.8 Å². The zero-order chi connectivity index (χ0) is 15.1. The smallest absolute Gasteiger partial charge is 0.0944 e. The lowest BCUT2D eigenvalue weighted by molar-refractivity contribution is 0.808. The number of rotatable bonds is 2. The normalized spacial score (nSPS) is 11.2. The zero-order valence-electron chi connectivity index (χ0n) is 12.6. The highest BCUT2D eigenvalue weighted by molar-refractivity contribution is 5.83. The standard InChI is InChI=1S/C18H16N4/c1-13-10-15-11-16(8-9-17(15)21(13)2)22-18(12-19-20-22)14-6-4-3-5-7-14/h3-12H,1-2H3. The van der Waals surface area contributed by atoms with Gasteiger partial charge < -0.3 is 4.57 Å². The van der Waals surface area contributed by atoms with Crippen LogP contribution < -0.4 is 0 Å². The molecule has 0 aliphatic heterocycles. The molecule has 0 aliphatic carbocycles. The quantitative estimate of drug-likeness (QED) is 0.563. The van der Waals surface area contributed by atoms with Crippen molar-refractivity contribution in [3.63, 3.8) is 0 Å². The summed E-state index contributed by atoms with van der Waals surface area (Å²) in [5.74, 6) is 0. The van der Waals surface area contributed by atoms with Crippen LogP contribution in [0.3, 0.4) is 0 Å². The molecule has 0 amide bonds. The van der Waals surface area contributed by atoms with E-state index in [0.717, 1.165) is 16.9 Å². The van der Waals surface area contributed by atoms with Gasteiger partial charge in [-0.1, -0.05) is 35.5 Å². The van der Waals surface area contributed by atoms with Crippen molar-refractivity contribution in [2.75, 3.05) is 0 Å². The lowest BCUT2D eigenvalue weighted by atomic mass is 10.1. The van der Waals surface area contributed by atoms with E-state index in [9.17, 15) is 0 Å². The average molecular weight is 288 g/mol. The van der Waals surface area contributed by atoms with Crippen LogP contribution in [0.5, 0.6) is 0 Å². The number of nitrogens with zero attached hydrogens (tertiary/aromatic N) is 4. The highest BCUT2D eigenvalue weighted by Crippen LogP contribution is 2.25. The molecule has 22 heavy (non-hydrogen) atoms. The first-order chi connectivity index (χ1) is 10.7. The molecule has 2 heterocycles. The molecule has 0 fully saturated rings. The molecule has 0 saturated heterocycles. The van der Waals surface area contributed by atoms with Crippen molar-refractivity contribution in [2.45, 2.75) is 6.92 Å². The summed E-state index contributed by atoms with van der Waals surface area (Å²) >= 11 is 0. The van der Waals surface area contributed by atoms with Gasteiger partial charge in [-0.3, -0.25) is 0 Å². The van der Waals surface area contributed by atoms with Gasteiger partial charge in [0.05, 0.1) is 17.6 Å². The molecule has 0 saturated carbocycles. The first-order valence-corrected chi connectivity index (χ1v) is 7.26. The van der Waals surface area contributed by atoms with E-state index in [1.807, 2.05) is 22.9 Å². The number of aromatic nitrogens is 4. The highest BCUT2D eigenvalue weighted by Gasteiger charge is 2.10. The molecule has 4 heteroatoms. The van der Waals surface area contributed by atoms with Crippen molar-refractivity contribution in [1.29, 1.82) is 0 Å². The van der Waals surface area contributed by atoms with Gasteiger partial charge in [0.15, 0.2) is 0 Å². The minimum Gasteiger partial charge on any atom is -0.348 e. The third kappa shape index (κ3) is 1.92. The minimum absolute atomic E-state index is 0.993. The van der Waals surface area contributed by atoms with Crippen molar-refractivity contribution >= 4 is 10.9 Å². The largest absolute Gasteiger partial charge is 0.348 e. The number of benzene rings is 2. The Balaban J connectivity index is 1.88. The van der Waals surface area contributed by atoms with Gasteiger partial charge in [0.25, 0.3) is 0 Å². The highest BCUT2D eigenvalue weighted by atomic mass is 15.4. The van der Waals surface area contributed by atoms with Crippen molar-refractivity contribution in [1.82, 2.24) is 19.6 Å². The molecule has 0 aliphatic rings. The Kier molecular flexibility index (Phi) is 2.82. The Morgan fingerprint density at radius 1 is 0.955 bits per heavy atom. The van der Waals surface area contributed by atoms with Gasteiger partial charge in [0.1, 0.15) is 0 Å². The maximum atomic E-state index is 4.26. The second-order valence-corrected chi connectivity index (χ2v) is 5.48. The number of hydrogen-bond acceptors (Lipinski definition) is 2. The molecule has 0 unspecified atom stereocenters. The van der Waals surface area contributed by atoms with Crippen LogP contribution in [0.15, 0.2) is 60.8 Å². The van der Waals surface area contributed by atoms with Crippen LogP contribution in [0.2, 0.25) is 0 Å². The van der Waals surface area contributed by atoms with E-state index in [0.29, 0.717) is 0 Å². The lowest BCUT2D eigenvalue weighted by Crippen LogP contribution is -1.99. The molecule has 0 atom stereocenters. The van der Waals surface area contributed by atoms with Gasteiger partial charge in [-0.15, -0.1) is 5.10 Å². The molecule has 2 aromatic heterocycles. The summed E-state index contributed by atoms with van der Waals surface area (Å²) in [7, 11) is 2.09. The summed E-state index contributed by atoms with van der Waals surface area (Å²) in [6.07, 6.45) is 1.80. The van der Waals surface area contributed by atoms with Crippen LogP contribution in [-0.4, -0.2) is 19.6 Å². The molecule has 0 spiro atoms. The predicted octanol–water partition coefficient (Wildman–Crippen LogP) is 3.73. The topological polar surface area (TPSA) is 35.6 Å². The average Bonchev–Trinajstić information content (AvgIpc) is 3.14. The fourth-order valence-electron chi connectivity index (χ4n) is 2.84. The molecule has 108 valence electrons. The summed E-state index contributed by atoms with van der Waals surface area (Å²) in [6.45, 7) is 2.12. The summed E-state index contributed by atoms with van der Waals surface area (Å²) in [5, 5.41) is 9.56. The maximum Gasteiger partial charge on any atom is 0.0944 e. The van der Waals surface area contributed by atoms with Crippen LogP contribution in [-0.2, 0) is 7.05 Å². The van der Waals surface area contributed by atoms with Crippen molar-refractivity contribution < 1.29 is 0 Å². The molecule has 4 nitrogen and oxygen atoms in total. The van der Waals surface area contributed by atoms with E-state index in [4.69, 9.17) is 0 Å². The molecule has 4 rings (SSSR count). The van der Waals surface area contributed by atoms with Gasteiger partial charge in [0.2, 0.25) is 0 Å². The fourth-order valence-corrected chi connectivity index (χ4v) is 2.84. The molecule has 2 aromatic carbocycles. The summed E-state index contributed by atoms with van der Waals surface area (Å²) in [5.41, 5.74) is 5.59. The number of fused-ring (bicyclic) bond motifs is 1. The first kappa shape index (κ1) is 12.8. The molecular formula is C18H16N4. The maximum absolute atomic E-state index is 4.26. The Labute approximate surface area is 128 Å². The predicted molar refractivity (Wildman–Crippen MR) is 88.0 cm³/mol. The molecular weight excluding hydrogens is 272 g/mol. The van der Waals surface area contributed by atoms with Gasteiger partial charge in [0, 0.05) is 29.2 Å². The van der Waals surface area contributed by atoms with E-state index in [1.165, 1.54) is 16.6 Å². The summed E-state index contributed by atoms with van der Waals surface area (Å²) < 4.78 is 4.08. The third-order valence-electron chi connectivity index (χ3n) is 4.13. The zero-order valence-corrected chi connectivity index (χ0v) is 12.6. The number of hydrogen-bond donors (Lipinski definition) is 0. The van der Waals surface area contributed by atoms with Crippen LogP contribution in [0, 0.1) is 6.92 Å². The molecule has 0 bridgehead atoms. The second-order valence-electron chi connectivity index (χ2n) is 5.48. The Morgan fingerprint density at radius 3 is 2.59 bits per heavy atom. The van der Waals surface area contributed by atoms with Gasteiger partial charge in [-0.2, -0.15) is 0 Å². The summed E-state index contributed by atoms with van der Waals surface area (Å²) in [6, 6.07) is 18.8. The van der Waals surface area contributed by atoms with Crippen LogP contribution >= 0.6 is 0 Å².